The fourth-order valence-electron chi connectivity index (χ4n) is 4.08. The highest BCUT2D eigenvalue weighted by Gasteiger charge is 2.36. The second-order valence-electron chi connectivity index (χ2n) is 6.46. The summed E-state index contributed by atoms with van der Waals surface area (Å²) in [7, 11) is 0. The number of carboxylic acids is 1. The summed E-state index contributed by atoms with van der Waals surface area (Å²) in [4.78, 5) is 13.3. The van der Waals surface area contributed by atoms with Crippen LogP contribution >= 0.6 is 0 Å². The number of carboxylic acid groups (broad SMARTS) is 1. The van der Waals surface area contributed by atoms with Crippen molar-refractivity contribution < 1.29 is 9.90 Å². The zero-order valence-electron chi connectivity index (χ0n) is 11.8. The van der Waals surface area contributed by atoms with Crippen LogP contribution in [0.15, 0.2) is 0 Å². The predicted molar refractivity (Wildman–Crippen MR) is 72.5 cm³/mol. The number of nitrogens with zero attached hydrogens (tertiary/aromatic N) is 1. The third kappa shape index (κ3) is 3.25. The Labute approximate surface area is 111 Å². The molecule has 1 aliphatic heterocycles. The monoisotopic (exact) mass is 253 g/mol. The van der Waals surface area contributed by atoms with E-state index in [0.29, 0.717) is 12.3 Å². The number of hydrogen-bond acceptors (Lipinski definition) is 2. The van der Waals surface area contributed by atoms with E-state index < -0.39 is 5.97 Å². The van der Waals surface area contributed by atoms with Crippen LogP contribution in [0, 0.1) is 17.8 Å². The van der Waals surface area contributed by atoms with Crippen LogP contribution < -0.4 is 0 Å². The maximum Gasteiger partial charge on any atom is 0.303 e. The molecule has 2 aliphatic rings. The van der Waals surface area contributed by atoms with Gasteiger partial charge in [0.1, 0.15) is 0 Å². The standard InChI is InChI=1S/C15H27NO2/c1-11-4-3-5-12(2)15(11)16-9-8-13(10-16)6-7-14(17)18/h11-13,15H,3-10H2,1-2H3,(H,17,18). The van der Waals surface area contributed by atoms with E-state index in [1.54, 1.807) is 0 Å². The number of rotatable bonds is 4. The zero-order chi connectivity index (χ0) is 13.1. The fourth-order valence-corrected chi connectivity index (χ4v) is 4.08. The maximum absolute atomic E-state index is 10.6. The first-order valence-corrected chi connectivity index (χ1v) is 7.53. The Morgan fingerprint density at radius 1 is 1.22 bits per heavy atom. The van der Waals surface area contributed by atoms with Crippen LogP contribution in [0.1, 0.15) is 52.4 Å². The molecular weight excluding hydrogens is 226 g/mol. The molecule has 3 atom stereocenters. The lowest BCUT2D eigenvalue weighted by Crippen LogP contribution is -2.45. The van der Waals surface area contributed by atoms with E-state index in [-0.39, 0.29) is 0 Å². The first kappa shape index (κ1) is 13.9. The van der Waals surface area contributed by atoms with Gasteiger partial charge in [0.25, 0.3) is 0 Å². The first-order valence-electron chi connectivity index (χ1n) is 7.53. The highest BCUT2D eigenvalue weighted by Crippen LogP contribution is 2.36. The van der Waals surface area contributed by atoms with E-state index in [2.05, 4.69) is 18.7 Å². The Balaban J connectivity index is 1.85. The van der Waals surface area contributed by atoms with Gasteiger partial charge in [-0.25, -0.2) is 0 Å². The Kier molecular flexibility index (Phi) is 4.66. The van der Waals surface area contributed by atoms with Gasteiger partial charge in [0, 0.05) is 19.0 Å². The lowest BCUT2D eigenvalue weighted by atomic mass is 9.78. The molecular formula is C15H27NO2. The average molecular weight is 253 g/mol. The summed E-state index contributed by atoms with van der Waals surface area (Å²) in [6.07, 6.45) is 6.52. The van der Waals surface area contributed by atoms with Gasteiger partial charge in [-0.1, -0.05) is 20.3 Å². The van der Waals surface area contributed by atoms with Crippen LogP contribution in [0.3, 0.4) is 0 Å². The van der Waals surface area contributed by atoms with Gasteiger partial charge in [-0.15, -0.1) is 0 Å². The molecule has 1 N–H and O–H groups in total. The Bertz CT molecular complexity index is 282. The summed E-state index contributed by atoms with van der Waals surface area (Å²) in [6, 6.07) is 0.744. The topological polar surface area (TPSA) is 40.5 Å². The number of likely N-dealkylation sites (tertiary alicyclic amines) is 1. The third-order valence-corrected chi connectivity index (χ3v) is 4.99. The molecule has 0 spiro atoms. The predicted octanol–water partition coefficient (Wildman–Crippen LogP) is 3.00. The molecule has 1 heterocycles. The Hall–Kier alpha value is -0.570. The summed E-state index contributed by atoms with van der Waals surface area (Å²) in [5, 5.41) is 8.76. The van der Waals surface area contributed by atoms with E-state index in [1.807, 2.05) is 0 Å². The van der Waals surface area contributed by atoms with Gasteiger partial charge in [0.05, 0.1) is 0 Å². The SMILES string of the molecule is CC1CCCC(C)C1N1CCC(CCC(=O)O)C1. The lowest BCUT2D eigenvalue weighted by molar-refractivity contribution is -0.137. The molecule has 0 bridgehead atoms. The Morgan fingerprint density at radius 2 is 1.89 bits per heavy atom. The molecule has 3 nitrogen and oxygen atoms in total. The molecule has 0 amide bonds. The minimum atomic E-state index is -0.646. The second kappa shape index (κ2) is 6.05. The molecule has 0 aromatic heterocycles. The van der Waals surface area contributed by atoms with Crippen molar-refractivity contribution >= 4 is 5.97 Å². The summed E-state index contributed by atoms with van der Waals surface area (Å²) in [6.45, 7) is 7.10. The minimum Gasteiger partial charge on any atom is -0.481 e. The lowest BCUT2D eigenvalue weighted by Gasteiger charge is -2.41. The number of carbonyl (C=O) groups is 1. The van der Waals surface area contributed by atoms with Crippen molar-refractivity contribution in [3.05, 3.63) is 0 Å². The highest BCUT2D eigenvalue weighted by atomic mass is 16.4. The molecule has 3 heteroatoms. The van der Waals surface area contributed by atoms with Crippen LogP contribution in [0.2, 0.25) is 0 Å². The van der Waals surface area contributed by atoms with Crippen LogP contribution in [-0.4, -0.2) is 35.1 Å². The molecule has 2 rings (SSSR count). The van der Waals surface area contributed by atoms with E-state index in [0.717, 1.165) is 30.8 Å². The van der Waals surface area contributed by atoms with Gasteiger partial charge in [0.15, 0.2) is 0 Å². The van der Waals surface area contributed by atoms with E-state index in [9.17, 15) is 4.79 Å². The molecule has 1 aliphatic carbocycles. The van der Waals surface area contributed by atoms with Crippen LogP contribution in [0.5, 0.6) is 0 Å². The van der Waals surface area contributed by atoms with Crippen molar-refractivity contribution in [2.45, 2.75) is 58.4 Å². The molecule has 1 saturated carbocycles. The fraction of sp³-hybridized carbons (Fsp3) is 0.933. The first-order chi connectivity index (χ1) is 8.58. The summed E-state index contributed by atoms with van der Waals surface area (Å²) in [5.41, 5.74) is 0. The maximum atomic E-state index is 10.6. The molecule has 104 valence electrons. The second-order valence-corrected chi connectivity index (χ2v) is 6.46. The number of hydrogen-bond donors (Lipinski definition) is 1. The molecule has 18 heavy (non-hydrogen) atoms. The van der Waals surface area contributed by atoms with Crippen molar-refractivity contribution in [2.24, 2.45) is 17.8 Å². The van der Waals surface area contributed by atoms with Gasteiger partial charge >= 0.3 is 5.97 Å². The summed E-state index contributed by atoms with van der Waals surface area (Å²) < 4.78 is 0. The van der Waals surface area contributed by atoms with Gasteiger partial charge in [-0.2, -0.15) is 0 Å². The van der Waals surface area contributed by atoms with Crippen LogP contribution in [0.25, 0.3) is 0 Å². The highest BCUT2D eigenvalue weighted by molar-refractivity contribution is 5.66. The van der Waals surface area contributed by atoms with Crippen LogP contribution in [0.4, 0.5) is 0 Å². The normalized spacial score (nSPS) is 37.9. The van der Waals surface area contributed by atoms with E-state index in [4.69, 9.17) is 5.11 Å². The molecule has 0 aromatic rings. The van der Waals surface area contributed by atoms with Crippen molar-refractivity contribution in [1.82, 2.24) is 4.90 Å². The average Bonchev–Trinajstić information content (AvgIpc) is 2.75. The molecule has 0 aromatic carbocycles. The van der Waals surface area contributed by atoms with Gasteiger partial charge in [-0.3, -0.25) is 9.69 Å². The van der Waals surface area contributed by atoms with E-state index in [1.165, 1.54) is 32.2 Å². The van der Waals surface area contributed by atoms with Crippen molar-refractivity contribution in [2.75, 3.05) is 13.1 Å². The summed E-state index contributed by atoms with van der Waals surface area (Å²) >= 11 is 0. The third-order valence-electron chi connectivity index (χ3n) is 4.99. The van der Waals surface area contributed by atoms with Gasteiger partial charge in [0.2, 0.25) is 0 Å². The van der Waals surface area contributed by atoms with Crippen molar-refractivity contribution in [3.63, 3.8) is 0 Å². The van der Waals surface area contributed by atoms with Crippen LogP contribution in [-0.2, 0) is 4.79 Å². The molecule has 0 radical (unpaired) electrons. The quantitative estimate of drug-likeness (QED) is 0.837. The smallest absolute Gasteiger partial charge is 0.303 e. The van der Waals surface area contributed by atoms with Gasteiger partial charge in [-0.05, 0) is 50.0 Å². The largest absolute Gasteiger partial charge is 0.481 e. The number of aliphatic carboxylic acids is 1. The van der Waals surface area contributed by atoms with Crippen molar-refractivity contribution in [1.29, 1.82) is 0 Å². The molecule has 3 unspecified atom stereocenters. The Morgan fingerprint density at radius 3 is 2.50 bits per heavy atom. The zero-order valence-corrected chi connectivity index (χ0v) is 11.8. The molecule has 2 fully saturated rings. The van der Waals surface area contributed by atoms with Crippen molar-refractivity contribution in [3.8, 4) is 0 Å². The minimum absolute atomic E-state index is 0.342. The molecule has 1 saturated heterocycles. The van der Waals surface area contributed by atoms with Gasteiger partial charge < -0.3 is 5.11 Å². The summed E-state index contributed by atoms with van der Waals surface area (Å²) in [5.74, 6) is 1.59. The van der Waals surface area contributed by atoms with E-state index >= 15 is 0 Å².